The maximum atomic E-state index is 12.7. The van der Waals surface area contributed by atoms with Crippen LogP contribution in [0, 0.1) is 0 Å². The molecule has 4 nitrogen and oxygen atoms in total. The minimum Gasteiger partial charge on any atom is -0.342 e. The molecule has 1 heterocycles. The molecular weight excluding hydrogens is 322 g/mol. The Morgan fingerprint density at radius 1 is 0.962 bits per heavy atom. The van der Waals surface area contributed by atoms with E-state index in [-0.39, 0.29) is 5.91 Å². The number of carbonyl (C=O) groups is 1. The van der Waals surface area contributed by atoms with Crippen LogP contribution in [0.2, 0.25) is 0 Å². The Bertz CT molecular complexity index is 877. The van der Waals surface area contributed by atoms with Gasteiger partial charge in [-0.05, 0) is 49.2 Å². The molecule has 0 saturated carbocycles. The van der Waals surface area contributed by atoms with E-state index in [9.17, 15) is 4.79 Å². The van der Waals surface area contributed by atoms with Crippen LogP contribution < -0.4 is 10.2 Å². The molecule has 0 spiro atoms. The van der Waals surface area contributed by atoms with Crippen LogP contribution in [0.15, 0.2) is 72.9 Å². The number of carbonyl (C=O) groups excluding carboxylic acids is 1. The number of benzene rings is 2. The lowest BCUT2D eigenvalue weighted by Gasteiger charge is -2.23. The predicted molar refractivity (Wildman–Crippen MR) is 107 cm³/mol. The number of hydrogen-bond donors (Lipinski definition) is 1. The third kappa shape index (κ3) is 3.91. The lowest BCUT2D eigenvalue weighted by Crippen LogP contribution is -2.19. The van der Waals surface area contributed by atoms with Crippen molar-refractivity contribution in [1.82, 2.24) is 4.98 Å². The smallest absolute Gasteiger partial charge is 0.274 e. The molecule has 0 fully saturated rings. The van der Waals surface area contributed by atoms with E-state index in [1.807, 2.05) is 54.6 Å². The van der Waals surface area contributed by atoms with Crippen molar-refractivity contribution in [3.05, 3.63) is 84.2 Å². The number of aryl methyl sites for hydroxylation is 1. The van der Waals surface area contributed by atoms with Crippen molar-refractivity contribution in [2.75, 3.05) is 16.8 Å². The maximum absolute atomic E-state index is 12.7. The van der Waals surface area contributed by atoms with Crippen molar-refractivity contribution in [3.8, 4) is 0 Å². The van der Waals surface area contributed by atoms with Crippen LogP contribution in [-0.2, 0) is 6.42 Å². The fraction of sp³-hybridized carbons (Fsp3) is 0.182. The third-order valence-corrected chi connectivity index (χ3v) is 4.32. The highest BCUT2D eigenvalue weighted by atomic mass is 16.1. The topological polar surface area (TPSA) is 45.2 Å². The summed E-state index contributed by atoms with van der Waals surface area (Å²) < 4.78 is 0. The van der Waals surface area contributed by atoms with E-state index in [1.165, 1.54) is 0 Å². The van der Waals surface area contributed by atoms with Gasteiger partial charge in [-0.15, -0.1) is 0 Å². The average Bonchev–Trinajstić information content (AvgIpc) is 2.70. The van der Waals surface area contributed by atoms with Gasteiger partial charge in [0, 0.05) is 29.8 Å². The van der Waals surface area contributed by atoms with Crippen LogP contribution in [0.3, 0.4) is 0 Å². The third-order valence-electron chi connectivity index (χ3n) is 4.32. The fourth-order valence-electron chi connectivity index (χ4n) is 2.97. The molecule has 26 heavy (non-hydrogen) atoms. The molecule has 0 aliphatic heterocycles. The zero-order chi connectivity index (χ0) is 18.4. The summed E-state index contributed by atoms with van der Waals surface area (Å²) in [5, 5.41) is 2.98. The quantitative estimate of drug-likeness (QED) is 0.679. The summed E-state index contributed by atoms with van der Waals surface area (Å²) >= 11 is 0. The summed E-state index contributed by atoms with van der Waals surface area (Å²) in [5.41, 5.74) is 4.38. The van der Waals surface area contributed by atoms with Crippen molar-refractivity contribution in [2.45, 2.75) is 20.3 Å². The molecule has 0 aliphatic rings. The first-order valence-corrected chi connectivity index (χ1v) is 8.90. The van der Waals surface area contributed by atoms with E-state index in [0.717, 1.165) is 35.6 Å². The highest BCUT2D eigenvalue weighted by molar-refractivity contribution is 6.03. The normalized spacial score (nSPS) is 10.4. The summed E-state index contributed by atoms with van der Waals surface area (Å²) in [6.45, 7) is 4.96. The first-order chi connectivity index (χ1) is 12.7. The number of para-hydroxylation sites is 2. The molecule has 0 unspecified atom stereocenters. The van der Waals surface area contributed by atoms with Crippen molar-refractivity contribution in [3.63, 3.8) is 0 Å². The molecule has 4 heteroatoms. The Morgan fingerprint density at radius 3 is 2.42 bits per heavy atom. The monoisotopic (exact) mass is 345 g/mol. The molecule has 132 valence electrons. The SMILES string of the molecule is CCc1ccccc1NC(=O)c1cc(N(CC)c2ccccc2)ccn1. The summed E-state index contributed by atoms with van der Waals surface area (Å²) in [6.07, 6.45) is 2.54. The van der Waals surface area contributed by atoms with Gasteiger partial charge >= 0.3 is 0 Å². The second kappa shape index (κ2) is 8.30. The first kappa shape index (κ1) is 17.7. The Balaban J connectivity index is 1.85. The second-order valence-electron chi connectivity index (χ2n) is 5.94. The highest BCUT2D eigenvalue weighted by Gasteiger charge is 2.13. The van der Waals surface area contributed by atoms with E-state index in [4.69, 9.17) is 0 Å². The van der Waals surface area contributed by atoms with E-state index in [1.54, 1.807) is 6.20 Å². The van der Waals surface area contributed by atoms with Crippen LogP contribution in [0.5, 0.6) is 0 Å². The molecule has 1 amide bonds. The number of nitrogens with zero attached hydrogens (tertiary/aromatic N) is 2. The zero-order valence-corrected chi connectivity index (χ0v) is 15.1. The Morgan fingerprint density at radius 2 is 1.69 bits per heavy atom. The fourth-order valence-corrected chi connectivity index (χ4v) is 2.97. The van der Waals surface area contributed by atoms with Crippen molar-refractivity contribution in [2.24, 2.45) is 0 Å². The molecule has 0 saturated heterocycles. The minimum absolute atomic E-state index is 0.197. The Hall–Kier alpha value is -3.14. The largest absolute Gasteiger partial charge is 0.342 e. The van der Waals surface area contributed by atoms with Gasteiger partial charge in [-0.1, -0.05) is 43.3 Å². The van der Waals surface area contributed by atoms with Crippen LogP contribution in [-0.4, -0.2) is 17.4 Å². The standard InChI is InChI=1S/C22H23N3O/c1-3-17-10-8-9-13-20(17)24-22(26)21-16-19(14-15-23-21)25(4-2)18-11-6-5-7-12-18/h5-16H,3-4H2,1-2H3,(H,24,26). The van der Waals surface area contributed by atoms with Gasteiger partial charge in [-0.3, -0.25) is 9.78 Å². The van der Waals surface area contributed by atoms with Gasteiger partial charge in [0.25, 0.3) is 5.91 Å². The molecule has 0 atom stereocenters. The summed E-state index contributed by atoms with van der Waals surface area (Å²) in [7, 11) is 0. The van der Waals surface area contributed by atoms with E-state index in [2.05, 4.69) is 41.2 Å². The molecule has 0 radical (unpaired) electrons. The number of aromatic nitrogens is 1. The maximum Gasteiger partial charge on any atom is 0.274 e. The second-order valence-corrected chi connectivity index (χ2v) is 5.94. The molecule has 3 aromatic rings. The van der Waals surface area contributed by atoms with Crippen molar-refractivity contribution < 1.29 is 4.79 Å². The Kier molecular flexibility index (Phi) is 5.64. The van der Waals surface area contributed by atoms with Crippen LogP contribution >= 0.6 is 0 Å². The summed E-state index contributed by atoms with van der Waals surface area (Å²) in [6, 6.07) is 21.7. The zero-order valence-electron chi connectivity index (χ0n) is 15.1. The summed E-state index contributed by atoms with van der Waals surface area (Å²) in [5.74, 6) is -0.197. The number of pyridine rings is 1. The molecule has 1 N–H and O–H groups in total. The number of nitrogens with one attached hydrogen (secondary N) is 1. The van der Waals surface area contributed by atoms with Gasteiger partial charge in [0.05, 0.1) is 0 Å². The Labute approximate surface area is 154 Å². The molecule has 0 bridgehead atoms. The van der Waals surface area contributed by atoms with Crippen LogP contribution in [0.25, 0.3) is 0 Å². The average molecular weight is 345 g/mol. The first-order valence-electron chi connectivity index (χ1n) is 8.90. The van der Waals surface area contributed by atoms with Gasteiger partial charge < -0.3 is 10.2 Å². The minimum atomic E-state index is -0.197. The predicted octanol–water partition coefficient (Wildman–Crippen LogP) is 5.05. The molecule has 0 aliphatic carbocycles. The molecular formula is C22H23N3O. The number of amides is 1. The van der Waals surface area contributed by atoms with Gasteiger partial charge in [-0.2, -0.15) is 0 Å². The molecule has 2 aromatic carbocycles. The molecule has 1 aromatic heterocycles. The van der Waals surface area contributed by atoms with Crippen LogP contribution in [0.4, 0.5) is 17.1 Å². The van der Waals surface area contributed by atoms with E-state index >= 15 is 0 Å². The number of rotatable bonds is 6. The van der Waals surface area contributed by atoms with Gasteiger partial charge in [0.2, 0.25) is 0 Å². The van der Waals surface area contributed by atoms with E-state index < -0.39 is 0 Å². The van der Waals surface area contributed by atoms with E-state index in [0.29, 0.717) is 5.69 Å². The van der Waals surface area contributed by atoms with Gasteiger partial charge in [-0.25, -0.2) is 0 Å². The van der Waals surface area contributed by atoms with Crippen LogP contribution in [0.1, 0.15) is 29.9 Å². The lowest BCUT2D eigenvalue weighted by molar-refractivity contribution is 0.102. The van der Waals surface area contributed by atoms with Gasteiger partial charge in [0.1, 0.15) is 5.69 Å². The van der Waals surface area contributed by atoms with Crippen molar-refractivity contribution >= 4 is 23.0 Å². The number of hydrogen-bond acceptors (Lipinski definition) is 3. The van der Waals surface area contributed by atoms with Gasteiger partial charge in [0.15, 0.2) is 0 Å². The highest BCUT2D eigenvalue weighted by Crippen LogP contribution is 2.25. The number of anilines is 3. The van der Waals surface area contributed by atoms with Crippen molar-refractivity contribution in [1.29, 1.82) is 0 Å². The molecule has 3 rings (SSSR count). The lowest BCUT2D eigenvalue weighted by atomic mass is 10.1. The summed E-state index contributed by atoms with van der Waals surface area (Å²) in [4.78, 5) is 19.1.